The quantitative estimate of drug-likeness (QED) is 0.693. The first kappa shape index (κ1) is 12.7. The van der Waals surface area contributed by atoms with Gasteiger partial charge >= 0.3 is 0 Å². The average Bonchev–Trinajstić information content (AvgIpc) is 2.55. The van der Waals surface area contributed by atoms with E-state index in [4.69, 9.17) is 0 Å². The molecule has 3 rings (SSSR count). The lowest BCUT2D eigenvalue weighted by molar-refractivity contribution is -0.115. The van der Waals surface area contributed by atoms with Crippen LogP contribution in [0.3, 0.4) is 0 Å². The Morgan fingerprint density at radius 3 is 2.30 bits per heavy atom. The van der Waals surface area contributed by atoms with E-state index in [0.29, 0.717) is 0 Å². The zero-order valence-electron chi connectivity index (χ0n) is 12.0. The van der Waals surface area contributed by atoms with E-state index in [0.717, 1.165) is 16.8 Å². The fourth-order valence-corrected chi connectivity index (χ4v) is 2.63. The zero-order chi connectivity index (χ0) is 14.3. The number of carbonyl (C=O) groups is 1. The van der Waals surface area contributed by atoms with Crippen molar-refractivity contribution >= 4 is 17.7 Å². The molecule has 1 aliphatic rings. The fourth-order valence-electron chi connectivity index (χ4n) is 2.63. The third-order valence-corrected chi connectivity index (χ3v) is 3.65. The van der Waals surface area contributed by atoms with Crippen LogP contribution in [0.4, 0.5) is 5.69 Å². The lowest BCUT2D eigenvalue weighted by Crippen LogP contribution is -2.21. The average molecular weight is 263 g/mol. The number of aryl methyl sites for hydroxylation is 2. The number of amides is 1. The zero-order valence-corrected chi connectivity index (χ0v) is 12.0. The van der Waals surface area contributed by atoms with E-state index < -0.39 is 0 Å². The molecule has 0 aliphatic carbocycles. The molecule has 1 amide bonds. The molecule has 0 saturated carbocycles. The monoisotopic (exact) mass is 263 g/mol. The maximum atomic E-state index is 11.9. The minimum Gasteiger partial charge on any atom is -0.287 e. The number of carbonyl (C=O) groups excluding carboxylic acids is 1. The lowest BCUT2D eigenvalue weighted by atomic mass is 9.95. The first-order valence-corrected chi connectivity index (χ1v) is 6.76. The van der Waals surface area contributed by atoms with Crippen molar-refractivity contribution < 1.29 is 4.79 Å². The molecule has 2 heteroatoms. The number of hydrogen-bond donors (Lipinski definition) is 0. The van der Waals surface area contributed by atoms with E-state index in [1.54, 1.807) is 11.8 Å². The molecule has 1 aliphatic heterocycles. The van der Waals surface area contributed by atoms with Crippen LogP contribution in [0.1, 0.15) is 23.6 Å². The summed E-state index contributed by atoms with van der Waals surface area (Å²) in [5, 5.41) is 0. The van der Waals surface area contributed by atoms with Crippen molar-refractivity contribution in [2.75, 3.05) is 4.90 Å². The van der Waals surface area contributed by atoms with Gasteiger partial charge in [0.15, 0.2) is 0 Å². The molecule has 0 spiro atoms. The summed E-state index contributed by atoms with van der Waals surface area (Å²) in [6.45, 7) is 5.76. The van der Waals surface area contributed by atoms with Crippen LogP contribution in [-0.2, 0) is 4.79 Å². The van der Waals surface area contributed by atoms with Crippen LogP contribution < -0.4 is 4.90 Å². The van der Waals surface area contributed by atoms with Gasteiger partial charge in [-0.15, -0.1) is 0 Å². The highest BCUT2D eigenvalue weighted by Gasteiger charge is 2.19. The molecule has 0 fully saturated rings. The molecule has 0 bridgehead atoms. The highest BCUT2D eigenvalue weighted by atomic mass is 16.2. The molecule has 20 heavy (non-hydrogen) atoms. The van der Waals surface area contributed by atoms with Crippen molar-refractivity contribution in [2.45, 2.75) is 20.8 Å². The topological polar surface area (TPSA) is 20.3 Å². The Balaban J connectivity index is 2.34. The minimum absolute atomic E-state index is 0.0240. The number of benzene rings is 2. The van der Waals surface area contributed by atoms with E-state index >= 15 is 0 Å². The fraction of sp³-hybridized carbons (Fsp3) is 0.167. The van der Waals surface area contributed by atoms with Gasteiger partial charge in [0, 0.05) is 18.7 Å². The molecule has 0 atom stereocenters. The van der Waals surface area contributed by atoms with Crippen LogP contribution >= 0.6 is 0 Å². The van der Waals surface area contributed by atoms with Crippen molar-refractivity contribution in [1.82, 2.24) is 0 Å². The number of fused-ring (bicyclic) bond motifs is 3. The van der Waals surface area contributed by atoms with Crippen LogP contribution in [0.25, 0.3) is 17.2 Å². The molecule has 100 valence electrons. The summed E-state index contributed by atoms with van der Waals surface area (Å²) in [5.41, 5.74) is 6.81. The Labute approximate surface area is 119 Å². The SMILES string of the molecule is CC(=O)N1C=Cc2ccc(C)cc2-c2cc(C)ccc21. The van der Waals surface area contributed by atoms with Crippen molar-refractivity contribution in [3.05, 3.63) is 59.3 Å². The number of hydrogen-bond acceptors (Lipinski definition) is 1. The van der Waals surface area contributed by atoms with Gasteiger partial charge in [0.25, 0.3) is 0 Å². The lowest BCUT2D eigenvalue weighted by Gasteiger charge is -2.19. The van der Waals surface area contributed by atoms with E-state index in [1.165, 1.54) is 16.7 Å². The molecule has 0 N–H and O–H groups in total. The Hall–Kier alpha value is -2.35. The van der Waals surface area contributed by atoms with Gasteiger partial charge in [-0.05, 0) is 43.2 Å². The summed E-state index contributed by atoms with van der Waals surface area (Å²) < 4.78 is 0. The Kier molecular flexibility index (Phi) is 2.94. The Bertz CT molecular complexity index is 728. The second-order valence-corrected chi connectivity index (χ2v) is 5.32. The highest BCUT2D eigenvalue weighted by Crippen LogP contribution is 2.37. The summed E-state index contributed by atoms with van der Waals surface area (Å²) in [5.74, 6) is 0.0240. The van der Waals surface area contributed by atoms with Gasteiger partial charge in [0.1, 0.15) is 0 Å². The van der Waals surface area contributed by atoms with Crippen LogP contribution in [0, 0.1) is 13.8 Å². The van der Waals surface area contributed by atoms with E-state index in [9.17, 15) is 4.79 Å². The van der Waals surface area contributed by atoms with Gasteiger partial charge in [0.05, 0.1) is 5.69 Å². The molecule has 2 aromatic rings. The van der Waals surface area contributed by atoms with Gasteiger partial charge in [0.2, 0.25) is 5.91 Å². The molecule has 0 aromatic heterocycles. The van der Waals surface area contributed by atoms with Crippen LogP contribution in [0.15, 0.2) is 42.6 Å². The maximum absolute atomic E-state index is 11.9. The standard InChI is InChI=1S/C18H17NO/c1-12-4-6-15-8-9-19(14(3)20)18-7-5-13(2)11-17(18)16(15)10-12/h4-11H,1-3H3. The van der Waals surface area contributed by atoms with Gasteiger partial charge in [-0.1, -0.05) is 35.4 Å². The molecule has 1 heterocycles. The van der Waals surface area contributed by atoms with Gasteiger partial charge in [-0.25, -0.2) is 0 Å². The third kappa shape index (κ3) is 2.03. The number of anilines is 1. The summed E-state index contributed by atoms with van der Waals surface area (Å²) >= 11 is 0. The van der Waals surface area contributed by atoms with Crippen molar-refractivity contribution in [3.63, 3.8) is 0 Å². The predicted octanol–water partition coefficient (Wildman–Crippen LogP) is 4.31. The summed E-state index contributed by atoms with van der Waals surface area (Å²) in [4.78, 5) is 13.6. The predicted molar refractivity (Wildman–Crippen MR) is 83.5 cm³/mol. The maximum Gasteiger partial charge on any atom is 0.227 e. The molecular weight excluding hydrogens is 246 g/mol. The first-order chi connectivity index (χ1) is 9.56. The number of nitrogens with zero attached hydrogens (tertiary/aromatic N) is 1. The summed E-state index contributed by atoms with van der Waals surface area (Å²) in [7, 11) is 0. The van der Waals surface area contributed by atoms with Crippen molar-refractivity contribution in [2.24, 2.45) is 0 Å². The minimum atomic E-state index is 0.0240. The Morgan fingerprint density at radius 1 is 0.950 bits per heavy atom. The van der Waals surface area contributed by atoms with Gasteiger partial charge in [-0.3, -0.25) is 9.69 Å². The van der Waals surface area contributed by atoms with Crippen LogP contribution in [0.2, 0.25) is 0 Å². The molecular formula is C18H17NO. The van der Waals surface area contributed by atoms with Crippen LogP contribution in [-0.4, -0.2) is 5.91 Å². The largest absolute Gasteiger partial charge is 0.287 e. The molecule has 0 unspecified atom stereocenters. The second-order valence-electron chi connectivity index (χ2n) is 5.32. The summed E-state index contributed by atoms with van der Waals surface area (Å²) in [6.07, 6.45) is 3.86. The molecule has 2 aromatic carbocycles. The van der Waals surface area contributed by atoms with Crippen LogP contribution in [0.5, 0.6) is 0 Å². The van der Waals surface area contributed by atoms with Gasteiger partial charge in [-0.2, -0.15) is 0 Å². The summed E-state index contributed by atoms with van der Waals surface area (Å²) in [6, 6.07) is 12.6. The van der Waals surface area contributed by atoms with Gasteiger partial charge < -0.3 is 0 Å². The normalized spacial score (nSPS) is 12.7. The number of rotatable bonds is 0. The Morgan fingerprint density at radius 2 is 1.60 bits per heavy atom. The second kappa shape index (κ2) is 4.64. The highest BCUT2D eigenvalue weighted by molar-refractivity contribution is 6.01. The molecule has 0 saturated heterocycles. The molecule has 2 nitrogen and oxygen atoms in total. The van der Waals surface area contributed by atoms with E-state index in [2.05, 4.69) is 38.1 Å². The van der Waals surface area contributed by atoms with E-state index in [1.807, 2.05) is 24.4 Å². The van der Waals surface area contributed by atoms with Crippen molar-refractivity contribution in [3.8, 4) is 11.1 Å². The smallest absolute Gasteiger partial charge is 0.227 e. The third-order valence-electron chi connectivity index (χ3n) is 3.65. The first-order valence-electron chi connectivity index (χ1n) is 6.76. The molecule has 0 radical (unpaired) electrons. The van der Waals surface area contributed by atoms with E-state index in [-0.39, 0.29) is 5.91 Å². The van der Waals surface area contributed by atoms with Crippen molar-refractivity contribution in [1.29, 1.82) is 0 Å².